The molecule has 1 aromatic heterocycles. The normalized spacial score (nSPS) is 14.9. The summed E-state index contributed by atoms with van der Waals surface area (Å²) < 4.78 is 0. The van der Waals surface area contributed by atoms with Crippen LogP contribution >= 0.6 is 0 Å². The Labute approximate surface area is 93.1 Å². The molecule has 1 atom stereocenters. The number of carbonyl (C=O) groups is 1. The van der Waals surface area contributed by atoms with E-state index in [0.717, 1.165) is 16.5 Å². The molecule has 0 saturated heterocycles. The van der Waals surface area contributed by atoms with E-state index in [1.54, 1.807) is 6.92 Å². The van der Waals surface area contributed by atoms with Crippen molar-refractivity contribution in [2.75, 3.05) is 0 Å². The van der Waals surface area contributed by atoms with Crippen LogP contribution in [-0.4, -0.2) is 21.6 Å². The number of benzene rings is 1. The maximum atomic E-state index is 11.0. The molecule has 2 aromatic rings. The topological polar surface area (TPSA) is 80.7 Å². The summed E-state index contributed by atoms with van der Waals surface area (Å²) >= 11 is 0. The second-order valence-electron chi connectivity index (χ2n) is 4.40. The highest BCUT2D eigenvalue weighted by Crippen LogP contribution is 2.20. The fourth-order valence-corrected chi connectivity index (χ4v) is 1.77. The molecule has 84 valence electrons. The third kappa shape index (κ3) is 1.79. The van der Waals surface area contributed by atoms with Gasteiger partial charge in [0.2, 0.25) is 0 Å². The van der Waals surface area contributed by atoms with Gasteiger partial charge in [0.15, 0.2) is 5.54 Å². The van der Waals surface area contributed by atoms with E-state index >= 15 is 0 Å². The molecular formula is C12H15N2O2+. The average Bonchev–Trinajstić information content (AvgIpc) is 2.61. The van der Waals surface area contributed by atoms with E-state index in [1.165, 1.54) is 0 Å². The maximum absolute atomic E-state index is 11.0. The molecule has 4 nitrogen and oxygen atoms in total. The molecule has 0 spiro atoms. The van der Waals surface area contributed by atoms with E-state index in [2.05, 4.69) is 10.7 Å². The number of carboxylic acid groups (broad SMARTS) is 1. The van der Waals surface area contributed by atoms with Crippen molar-refractivity contribution in [2.45, 2.75) is 18.9 Å². The van der Waals surface area contributed by atoms with Gasteiger partial charge in [-0.25, -0.2) is 4.79 Å². The monoisotopic (exact) mass is 219 g/mol. The van der Waals surface area contributed by atoms with Gasteiger partial charge in [-0.2, -0.15) is 0 Å². The molecule has 16 heavy (non-hydrogen) atoms. The molecule has 0 fully saturated rings. The van der Waals surface area contributed by atoms with Crippen molar-refractivity contribution >= 4 is 16.9 Å². The first-order valence-corrected chi connectivity index (χ1v) is 5.14. The van der Waals surface area contributed by atoms with Crippen molar-refractivity contribution in [1.29, 1.82) is 0 Å². The number of para-hydroxylation sites is 1. The van der Waals surface area contributed by atoms with E-state index in [0.29, 0.717) is 6.42 Å². The second-order valence-corrected chi connectivity index (χ2v) is 4.40. The maximum Gasteiger partial charge on any atom is 0.365 e. The highest BCUT2D eigenvalue weighted by Gasteiger charge is 2.33. The Morgan fingerprint density at radius 3 is 2.88 bits per heavy atom. The summed E-state index contributed by atoms with van der Waals surface area (Å²) in [4.78, 5) is 14.1. The molecule has 0 bridgehead atoms. The lowest BCUT2D eigenvalue weighted by Gasteiger charge is -2.14. The van der Waals surface area contributed by atoms with Crippen LogP contribution in [0.3, 0.4) is 0 Å². The third-order valence-corrected chi connectivity index (χ3v) is 2.77. The minimum atomic E-state index is -0.981. The highest BCUT2D eigenvalue weighted by molar-refractivity contribution is 5.84. The van der Waals surface area contributed by atoms with Gasteiger partial charge in [-0.1, -0.05) is 18.2 Å². The molecule has 5 N–H and O–H groups in total. The number of rotatable bonds is 3. The highest BCUT2D eigenvalue weighted by atomic mass is 16.4. The Bertz CT molecular complexity index is 529. The first-order chi connectivity index (χ1) is 7.50. The summed E-state index contributed by atoms with van der Waals surface area (Å²) in [6.07, 6.45) is 2.28. The van der Waals surface area contributed by atoms with E-state index in [4.69, 9.17) is 5.11 Å². The van der Waals surface area contributed by atoms with Gasteiger partial charge in [-0.05, 0) is 11.6 Å². The van der Waals surface area contributed by atoms with Crippen LogP contribution in [0.2, 0.25) is 0 Å². The van der Waals surface area contributed by atoms with Crippen molar-refractivity contribution in [3.8, 4) is 0 Å². The van der Waals surface area contributed by atoms with Crippen molar-refractivity contribution in [3.05, 3.63) is 36.0 Å². The Kier molecular flexibility index (Phi) is 2.44. The van der Waals surface area contributed by atoms with Crippen LogP contribution in [0.4, 0.5) is 0 Å². The van der Waals surface area contributed by atoms with Crippen molar-refractivity contribution in [3.63, 3.8) is 0 Å². The largest absolute Gasteiger partial charge is 0.477 e. The second kappa shape index (κ2) is 3.64. The number of hydrogen-bond donors (Lipinski definition) is 3. The van der Waals surface area contributed by atoms with Gasteiger partial charge in [-0.15, -0.1) is 0 Å². The molecule has 0 amide bonds. The molecule has 0 saturated carbocycles. The lowest BCUT2D eigenvalue weighted by Crippen LogP contribution is -2.76. The van der Waals surface area contributed by atoms with Crippen LogP contribution in [0.25, 0.3) is 10.9 Å². The van der Waals surface area contributed by atoms with Gasteiger partial charge < -0.3 is 15.8 Å². The minimum Gasteiger partial charge on any atom is -0.477 e. The number of aliphatic carboxylic acids is 1. The lowest BCUT2D eigenvalue weighted by atomic mass is 9.94. The zero-order chi connectivity index (χ0) is 11.8. The summed E-state index contributed by atoms with van der Waals surface area (Å²) in [5, 5.41) is 10.1. The summed E-state index contributed by atoms with van der Waals surface area (Å²) in [5.41, 5.74) is 4.78. The van der Waals surface area contributed by atoms with Gasteiger partial charge in [-0.3, -0.25) is 0 Å². The number of carboxylic acids is 1. The zero-order valence-electron chi connectivity index (χ0n) is 9.16. The van der Waals surface area contributed by atoms with E-state index in [1.807, 2.05) is 30.5 Å². The predicted octanol–water partition coefficient (Wildman–Crippen LogP) is 0.796. The number of fused-ring (bicyclic) bond motifs is 1. The number of quaternary nitrogens is 1. The van der Waals surface area contributed by atoms with Crippen LogP contribution in [0.5, 0.6) is 0 Å². The van der Waals surface area contributed by atoms with E-state index in [-0.39, 0.29) is 0 Å². The number of H-pyrrole nitrogens is 1. The molecule has 2 rings (SSSR count). The first kappa shape index (κ1) is 10.7. The Morgan fingerprint density at radius 1 is 1.50 bits per heavy atom. The Balaban J connectivity index is 2.38. The molecule has 0 aliphatic rings. The average molecular weight is 219 g/mol. The van der Waals surface area contributed by atoms with Gasteiger partial charge in [0.25, 0.3) is 0 Å². The van der Waals surface area contributed by atoms with Crippen LogP contribution in [0, 0.1) is 0 Å². The van der Waals surface area contributed by atoms with Gasteiger partial charge in [0.05, 0.1) is 0 Å². The van der Waals surface area contributed by atoms with Crippen LogP contribution in [0.1, 0.15) is 12.5 Å². The predicted molar refractivity (Wildman–Crippen MR) is 60.9 cm³/mol. The fraction of sp³-hybridized carbons (Fsp3) is 0.250. The van der Waals surface area contributed by atoms with Gasteiger partial charge >= 0.3 is 5.97 Å². The smallest absolute Gasteiger partial charge is 0.365 e. The molecule has 1 heterocycles. The summed E-state index contributed by atoms with van der Waals surface area (Å²) in [5.74, 6) is -0.877. The van der Waals surface area contributed by atoms with Crippen molar-refractivity contribution in [1.82, 2.24) is 4.98 Å². The SMILES string of the molecule is C[C@]([NH3+])(Cc1c[nH]c2ccccc12)C(=O)O. The Morgan fingerprint density at radius 2 is 2.19 bits per heavy atom. The Hall–Kier alpha value is -1.81. The van der Waals surface area contributed by atoms with Crippen LogP contribution in [-0.2, 0) is 11.2 Å². The molecular weight excluding hydrogens is 204 g/mol. The van der Waals surface area contributed by atoms with E-state index < -0.39 is 11.5 Å². The van der Waals surface area contributed by atoms with Crippen molar-refractivity contribution in [2.24, 2.45) is 0 Å². The first-order valence-electron chi connectivity index (χ1n) is 5.14. The molecule has 0 unspecified atom stereocenters. The molecule has 0 radical (unpaired) electrons. The fourth-order valence-electron chi connectivity index (χ4n) is 1.77. The number of hydrogen-bond acceptors (Lipinski definition) is 1. The minimum absolute atomic E-state index is 0.423. The number of nitrogens with one attached hydrogen (secondary N) is 1. The quantitative estimate of drug-likeness (QED) is 0.713. The zero-order valence-corrected chi connectivity index (χ0v) is 9.16. The van der Waals surface area contributed by atoms with Crippen LogP contribution < -0.4 is 5.73 Å². The summed E-state index contributed by atoms with van der Waals surface area (Å²) in [7, 11) is 0. The molecule has 0 aliphatic heterocycles. The lowest BCUT2D eigenvalue weighted by molar-refractivity contribution is -0.455. The van der Waals surface area contributed by atoms with Gasteiger partial charge in [0, 0.05) is 30.4 Å². The standard InChI is InChI=1S/C12H14N2O2/c1-12(13,11(15)16)6-8-7-14-10-5-3-2-4-9(8)10/h2-5,7,14H,6,13H2,1H3,(H,15,16)/p+1/t12-/m0/s1. The van der Waals surface area contributed by atoms with Gasteiger partial charge in [0.1, 0.15) is 0 Å². The summed E-state index contributed by atoms with van der Waals surface area (Å²) in [6.45, 7) is 1.64. The number of aromatic amines is 1. The van der Waals surface area contributed by atoms with E-state index in [9.17, 15) is 4.79 Å². The third-order valence-electron chi connectivity index (χ3n) is 2.77. The molecule has 0 aliphatic carbocycles. The molecule has 1 aromatic carbocycles. The van der Waals surface area contributed by atoms with Crippen molar-refractivity contribution < 1.29 is 15.6 Å². The summed E-state index contributed by atoms with van der Waals surface area (Å²) in [6, 6.07) is 7.85. The van der Waals surface area contributed by atoms with Crippen LogP contribution in [0.15, 0.2) is 30.5 Å². The number of aromatic nitrogens is 1. The molecule has 4 heteroatoms.